The summed E-state index contributed by atoms with van der Waals surface area (Å²) in [6, 6.07) is 0. The van der Waals surface area contributed by atoms with Crippen molar-refractivity contribution in [1.29, 1.82) is 0 Å². The van der Waals surface area contributed by atoms with E-state index in [1.807, 2.05) is 0 Å². The number of alkyl halides is 3. The third-order valence-electron chi connectivity index (χ3n) is 1.47. The molecule has 0 rings (SSSR count). The molecule has 0 aliphatic carbocycles. The molecule has 0 saturated carbocycles. The molecule has 6 nitrogen and oxygen atoms in total. The van der Waals surface area contributed by atoms with E-state index in [1.165, 1.54) is 0 Å². The maximum absolute atomic E-state index is 12.0. The summed E-state index contributed by atoms with van der Waals surface area (Å²) >= 11 is 0. The molecule has 0 fully saturated rings. The summed E-state index contributed by atoms with van der Waals surface area (Å²) in [7, 11) is 1.36. The highest BCUT2D eigenvalue weighted by Gasteiger charge is 2.44. The van der Waals surface area contributed by atoms with Crippen molar-refractivity contribution in [2.45, 2.75) is 12.5 Å². The number of nitroso groups, excluding NO2 is 1. The molecule has 1 N–H and O–H groups in total. The van der Waals surface area contributed by atoms with E-state index in [2.05, 4.69) is 5.29 Å². The lowest BCUT2D eigenvalue weighted by molar-refractivity contribution is -0.263. The summed E-state index contributed by atoms with van der Waals surface area (Å²) < 4.78 is 36.1. The fraction of sp³-hybridized carbons (Fsp3) is 0.800. The summed E-state index contributed by atoms with van der Waals surface area (Å²) in [5.74, 6) is -1.81. The molecule has 0 aliphatic heterocycles. The van der Waals surface area contributed by atoms with Crippen LogP contribution < -0.4 is 0 Å². The van der Waals surface area contributed by atoms with E-state index in [-0.39, 0.29) is 5.01 Å². The molecule has 0 radical (unpaired) electrons. The summed E-state index contributed by atoms with van der Waals surface area (Å²) in [6.45, 7) is 0. The van der Waals surface area contributed by atoms with Crippen LogP contribution in [-0.4, -0.2) is 47.5 Å². The van der Waals surface area contributed by atoms with Crippen molar-refractivity contribution in [3.63, 3.8) is 0 Å². The molecule has 0 spiro atoms. The van der Waals surface area contributed by atoms with Crippen LogP contribution in [0.5, 0.6) is 0 Å². The van der Waals surface area contributed by atoms with Crippen molar-refractivity contribution < 1.29 is 23.1 Å². The van der Waals surface area contributed by atoms with Crippen molar-refractivity contribution in [2.75, 3.05) is 14.1 Å². The van der Waals surface area contributed by atoms with Crippen LogP contribution in [0.1, 0.15) is 0 Å². The van der Waals surface area contributed by atoms with Gasteiger partial charge in [-0.2, -0.15) is 18.1 Å². The van der Waals surface area contributed by atoms with Crippen LogP contribution in [0.3, 0.4) is 0 Å². The van der Waals surface area contributed by atoms with Crippen molar-refractivity contribution in [3.05, 3.63) is 4.91 Å². The fourth-order valence-electron chi connectivity index (χ4n) is 0.759. The molecule has 0 bridgehead atoms. The first kappa shape index (κ1) is 12.6. The summed E-state index contributed by atoms with van der Waals surface area (Å²) in [4.78, 5) is 19.9. The Morgan fingerprint density at radius 1 is 1.43 bits per heavy atom. The zero-order valence-electron chi connectivity index (χ0n) is 7.32. The number of hydrogen-bond acceptors (Lipinski definition) is 4. The van der Waals surface area contributed by atoms with Crippen molar-refractivity contribution >= 4 is 5.97 Å². The first-order valence-electron chi connectivity index (χ1n) is 3.30. The zero-order valence-corrected chi connectivity index (χ0v) is 7.32. The molecule has 0 heterocycles. The van der Waals surface area contributed by atoms with Crippen LogP contribution in [0.2, 0.25) is 0 Å². The van der Waals surface area contributed by atoms with Gasteiger partial charge in [-0.3, -0.25) is 0 Å². The Balaban J connectivity index is 4.84. The number of carbonyl (C=O) groups is 1. The first-order valence-corrected chi connectivity index (χ1v) is 3.30. The van der Waals surface area contributed by atoms with Gasteiger partial charge in [0.15, 0.2) is 0 Å². The van der Waals surface area contributed by atoms with Crippen LogP contribution in [0.4, 0.5) is 13.2 Å². The Morgan fingerprint density at radius 3 is 2.07 bits per heavy atom. The van der Waals surface area contributed by atoms with Gasteiger partial charge >= 0.3 is 12.3 Å². The van der Waals surface area contributed by atoms with Crippen molar-refractivity contribution in [3.8, 4) is 0 Å². The minimum Gasteiger partial charge on any atom is -0.479 e. The molecule has 0 amide bonds. The lowest BCUT2D eigenvalue weighted by Crippen LogP contribution is -2.53. The Kier molecular flexibility index (Phi) is 3.81. The SMILES string of the molecule is CN(N=O)C(C(=O)O)N(C)C(F)(F)F. The van der Waals surface area contributed by atoms with Crippen LogP contribution in [-0.2, 0) is 4.79 Å². The highest BCUT2D eigenvalue weighted by molar-refractivity contribution is 5.72. The molecule has 82 valence electrons. The fourth-order valence-corrected chi connectivity index (χ4v) is 0.759. The molecule has 1 atom stereocenters. The molecular formula is C5H8F3N3O3. The number of halogens is 3. The predicted molar refractivity (Wildman–Crippen MR) is 38.8 cm³/mol. The highest BCUT2D eigenvalue weighted by Crippen LogP contribution is 2.22. The van der Waals surface area contributed by atoms with Gasteiger partial charge in [0.2, 0.25) is 6.17 Å². The van der Waals surface area contributed by atoms with Gasteiger partial charge in [0.25, 0.3) is 0 Å². The van der Waals surface area contributed by atoms with E-state index in [1.54, 1.807) is 0 Å². The second-order valence-electron chi connectivity index (χ2n) is 2.45. The lowest BCUT2D eigenvalue weighted by Gasteiger charge is -2.29. The second-order valence-corrected chi connectivity index (χ2v) is 2.45. The minimum atomic E-state index is -4.85. The third kappa shape index (κ3) is 2.83. The van der Waals surface area contributed by atoms with Gasteiger partial charge in [0, 0.05) is 7.05 Å². The van der Waals surface area contributed by atoms with E-state index >= 15 is 0 Å². The quantitative estimate of drug-likeness (QED) is 0.319. The molecular weight excluding hydrogens is 207 g/mol. The zero-order chi connectivity index (χ0) is 11.5. The second kappa shape index (κ2) is 4.22. The van der Waals surface area contributed by atoms with Crippen molar-refractivity contribution in [2.24, 2.45) is 5.29 Å². The number of carboxylic acid groups (broad SMARTS) is 1. The van der Waals surface area contributed by atoms with Crippen LogP contribution >= 0.6 is 0 Å². The number of aliphatic carboxylic acids is 1. The van der Waals surface area contributed by atoms with E-state index in [9.17, 15) is 22.9 Å². The topological polar surface area (TPSA) is 73.2 Å². The monoisotopic (exact) mass is 215 g/mol. The van der Waals surface area contributed by atoms with Gasteiger partial charge in [-0.1, -0.05) is 0 Å². The van der Waals surface area contributed by atoms with E-state index in [4.69, 9.17) is 5.11 Å². The van der Waals surface area contributed by atoms with Crippen LogP contribution in [0.25, 0.3) is 0 Å². The summed E-state index contributed by atoms with van der Waals surface area (Å²) in [6.07, 6.45) is -7.00. The van der Waals surface area contributed by atoms with Gasteiger partial charge in [0.1, 0.15) is 0 Å². The minimum absolute atomic E-state index is 0.163. The van der Waals surface area contributed by atoms with Crippen LogP contribution in [0, 0.1) is 4.91 Å². The van der Waals surface area contributed by atoms with Gasteiger partial charge in [0.05, 0.1) is 5.29 Å². The molecule has 0 aromatic rings. The molecule has 9 heteroatoms. The molecule has 0 aromatic heterocycles. The van der Waals surface area contributed by atoms with E-state index < -0.39 is 23.3 Å². The smallest absolute Gasteiger partial charge is 0.461 e. The number of hydrogen-bond donors (Lipinski definition) is 1. The average molecular weight is 215 g/mol. The van der Waals surface area contributed by atoms with Gasteiger partial charge < -0.3 is 5.11 Å². The average Bonchev–Trinajstić information content (AvgIpc) is 2.01. The number of nitrogens with zero attached hydrogens (tertiary/aromatic N) is 3. The summed E-state index contributed by atoms with van der Waals surface area (Å²) in [5.41, 5.74) is 0. The Bertz CT molecular complexity index is 232. The molecule has 14 heavy (non-hydrogen) atoms. The first-order chi connectivity index (χ1) is 6.21. The van der Waals surface area contributed by atoms with Crippen molar-refractivity contribution in [1.82, 2.24) is 9.91 Å². The lowest BCUT2D eigenvalue weighted by atomic mass is 10.4. The highest BCUT2D eigenvalue weighted by atomic mass is 19.4. The number of rotatable bonds is 4. The van der Waals surface area contributed by atoms with Gasteiger partial charge in [-0.25, -0.2) is 9.80 Å². The third-order valence-corrected chi connectivity index (χ3v) is 1.47. The Hall–Kier alpha value is -1.38. The van der Waals surface area contributed by atoms with Crippen LogP contribution in [0.15, 0.2) is 5.29 Å². The molecule has 1 unspecified atom stereocenters. The molecule has 0 aliphatic rings. The maximum atomic E-state index is 12.0. The number of carboxylic acids is 1. The van der Waals surface area contributed by atoms with E-state index in [0.29, 0.717) is 7.05 Å². The largest absolute Gasteiger partial charge is 0.479 e. The van der Waals surface area contributed by atoms with Gasteiger partial charge in [-0.05, 0) is 7.05 Å². The maximum Gasteiger partial charge on any atom is 0.461 e. The van der Waals surface area contributed by atoms with Gasteiger partial charge in [-0.15, -0.1) is 4.91 Å². The summed E-state index contributed by atoms with van der Waals surface area (Å²) in [5, 5.41) is 10.7. The predicted octanol–water partition coefficient (Wildman–Crippen LogP) is 0.462. The molecule has 0 saturated heterocycles. The Labute approximate surface area is 76.8 Å². The molecule has 0 aromatic carbocycles. The van der Waals surface area contributed by atoms with E-state index in [0.717, 1.165) is 7.05 Å². The number of likely N-dealkylation sites (N-methyl/N-ethyl adjacent to an activating group) is 2. The normalized spacial score (nSPS) is 13.9. The standard InChI is InChI=1S/C5H8F3N3O3/c1-10(5(6,7)8)3(4(12)13)11(2)9-14/h3H,1-2H3,(H,12,13). The Morgan fingerprint density at radius 2 is 1.86 bits per heavy atom.